The number of thioether (sulfide) groups is 1. The fraction of sp³-hybridized carbons (Fsp3) is 0.542. The molecule has 1 fully saturated rings. The van der Waals surface area contributed by atoms with Crippen LogP contribution in [0.2, 0.25) is 0 Å². The van der Waals surface area contributed by atoms with E-state index in [9.17, 15) is 17.3 Å². The summed E-state index contributed by atoms with van der Waals surface area (Å²) in [7, 11) is -6.00. The Kier molecular flexibility index (Phi) is 8.85. The number of rotatable bonds is 6. The summed E-state index contributed by atoms with van der Waals surface area (Å²) in [5, 5.41) is 1.47. The highest BCUT2D eigenvalue weighted by Gasteiger charge is 2.60. The van der Waals surface area contributed by atoms with Crippen molar-refractivity contribution in [3.63, 3.8) is 0 Å². The van der Waals surface area contributed by atoms with Crippen LogP contribution in [-0.4, -0.2) is 34.5 Å². The van der Waals surface area contributed by atoms with E-state index in [0.717, 1.165) is 25.0 Å². The van der Waals surface area contributed by atoms with Crippen molar-refractivity contribution in [3.8, 4) is 0 Å². The summed E-state index contributed by atoms with van der Waals surface area (Å²) < 4.78 is 48.2. The lowest BCUT2D eigenvalue weighted by atomic mass is 9.69. The standard InChI is InChI=1S/C24H34NOS.BF4/c1-7-16-24(18(4)8-2)17-15-20-25(22(24)27-9-3)21(23(5,6)26-20)19-13-11-10-12-14-19;2-1(3,4)5/h7-8,10-14,18,20-21H,1-2,9,15-17H2,3-6H3;/q+1;-1/t18-,20?,21+,24+;/m0./s1. The third-order valence-electron chi connectivity index (χ3n) is 6.31. The molecule has 32 heavy (non-hydrogen) atoms. The molecule has 2 nitrogen and oxygen atoms in total. The minimum atomic E-state index is -6.00. The average Bonchev–Trinajstić information content (AvgIpc) is 2.99. The number of hydrogen-bond acceptors (Lipinski definition) is 2. The highest BCUT2D eigenvalue weighted by molar-refractivity contribution is 8.13. The van der Waals surface area contributed by atoms with Gasteiger partial charge < -0.3 is 22.0 Å². The van der Waals surface area contributed by atoms with E-state index >= 15 is 0 Å². The average molecular weight is 471 g/mol. The van der Waals surface area contributed by atoms with Gasteiger partial charge in [-0.3, -0.25) is 0 Å². The van der Waals surface area contributed by atoms with Crippen molar-refractivity contribution in [2.45, 2.75) is 64.8 Å². The van der Waals surface area contributed by atoms with Gasteiger partial charge in [-0.15, -0.1) is 13.2 Å². The summed E-state index contributed by atoms with van der Waals surface area (Å²) >= 11 is 1.99. The molecule has 4 atom stereocenters. The first-order chi connectivity index (χ1) is 14.9. The number of halogens is 4. The Morgan fingerprint density at radius 2 is 1.81 bits per heavy atom. The fourth-order valence-corrected chi connectivity index (χ4v) is 6.30. The predicted molar refractivity (Wildman–Crippen MR) is 128 cm³/mol. The highest BCUT2D eigenvalue weighted by atomic mass is 32.2. The van der Waals surface area contributed by atoms with E-state index < -0.39 is 7.25 Å². The van der Waals surface area contributed by atoms with Crippen LogP contribution in [0.5, 0.6) is 0 Å². The maximum atomic E-state index is 9.75. The first-order valence-corrected chi connectivity index (χ1v) is 12.0. The third-order valence-corrected chi connectivity index (χ3v) is 7.49. The van der Waals surface area contributed by atoms with Gasteiger partial charge >= 0.3 is 7.25 Å². The lowest BCUT2D eigenvalue weighted by Gasteiger charge is -2.40. The molecule has 0 saturated carbocycles. The van der Waals surface area contributed by atoms with Crippen molar-refractivity contribution in [2.75, 3.05) is 5.75 Å². The first-order valence-electron chi connectivity index (χ1n) is 11.0. The smallest absolute Gasteiger partial charge is 0.418 e. The van der Waals surface area contributed by atoms with Gasteiger partial charge in [-0.2, -0.15) is 4.58 Å². The maximum absolute atomic E-state index is 9.75. The van der Waals surface area contributed by atoms with Gasteiger partial charge in [0, 0.05) is 17.7 Å². The van der Waals surface area contributed by atoms with Gasteiger partial charge in [-0.25, -0.2) is 0 Å². The molecule has 1 aromatic carbocycles. The summed E-state index contributed by atoms with van der Waals surface area (Å²) in [6.45, 7) is 17.3. The molecule has 2 aliphatic rings. The Morgan fingerprint density at radius 1 is 1.22 bits per heavy atom. The molecule has 0 aromatic heterocycles. The lowest BCUT2D eigenvalue weighted by Crippen LogP contribution is -2.47. The third kappa shape index (κ3) is 5.87. The van der Waals surface area contributed by atoms with Crippen molar-refractivity contribution < 1.29 is 26.6 Å². The van der Waals surface area contributed by atoms with E-state index in [1.54, 1.807) is 0 Å². The monoisotopic (exact) mass is 471 g/mol. The molecule has 1 unspecified atom stereocenters. The Morgan fingerprint density at radius 3 is 2.31 bits per heavy atom. The molecule has 0 radical (unpaired) electrons. The zero-order valence-corrected chi connectivity index (χ0v) is 20.2. The highest BCUT2D eigenvalue weighted by Crippen LogP contribution is 2.52. The van der Waals surface area contributed by atoms with Crippen molar-refractivity contribution in [1.82, 2.24) is 0 Å². The van der Waals surface area contributed by atoms with Crippen LogP contribution in [0.4, 0.5) is 17.3 Å². The van der Waals surface area contributed by atoms with Gasteiger partial charge in [-0.1, -0.05) is 68.1 Å². The van der Waals surface area contributed by atoms with E-state index in [0.29, 0.717) is 5.92 Å². The molecule has 0 spiro atoms. The van der Waals surface area contributed by atoms with Crippen LogP contribution in [0.1, 0.15) is 58.6 Å². The Labute approximate surface area is 193 Å². The molecule has 2 heterocycles. The molecule has 1 saturated heterocycles. The van der Waals surface area contributed by atoms with Crippen LogP contribution in [0.15, 0.2) is 55.6 Å². The molecular formula is C24H34BF4NOS. The molecule has 8 heteroatoms. The van der Waals surface area contributed by atoms with Crippen LogP contribution >= 0.6 is 11.8 Å². The SMILES string of the molecule is C=CC[C@]1([C@@H](C)C=C)CCC2OC(C)(C)[C@@H](c3ccccc3)[N+]2=C1SCC.F[B-](F)(F)F. The van der Waals surface area contributed by atoms with Gasteiger partial charge in [0.15, 0.2) is 0 Å². The van der Waals surface area contributed by atoms with Gasteiger partial charge in [-0.05, 0) is 32.6 Å². The van der Waals surface area contributed by atoms with E-state index in [2.05, 4.69) is 87.9 Å². The second-order valence-corrected chi connectivity index (χ2v) is 10.1. The van der Waals surface area contributed by atoms with Crippen molar-refractivity contribution in [1.29, 1.82) is 0 Å². The maximum Gasteiger partial charge on any atom is 0.673 e. The molecule has 3 rings (SSSR count). The number of benzene rings is 1. The van der Waals surface area contributed by atoms with Crippen LogP contribution in [0.25, 0.3) is 0 Å². The number of ether oxygens (including phenoxy) is 1. The van der Waals surface area contributed by atoms with Crippen LogP contribution in [-0.2, 0) is 4.74 Å². The fourth-order valence-electron chi connectivity index (χ4n) is 5.00. The molecule has 178 valence electrons. The Bertz CT molecular complexity index is 821. The Hall–Kier alpha value is -1.54. The number of nitrogens with zero attached hydrogens (tertiary/aromatic N) is 1. The number of allylic oxidation sites excluding steroid dienone is 2. The van der Waals surface area contributed by atoms with E-state index in [1.807, 2.05) is 11.8 Å². The number of fused-ring (bicyclic) bond motifs is 1. The zero-order valence-electron chi connectivity index (χ0n) is 19.4. The molecule has 1 aromatic rings. The molecule has 0 amide bonds. The van der Waals surface area contributed by atoms with Gasteiger partial charge in [0.1, 0.15) is 5.60 Å². The van der Waals surface area contributed by atoms with Gasteiger partial charge in [0.05, 0.1) is 5.41 Å². The van der Waals surface area contributed by atoms with E-state index in [1.165, 1.54) is 10.6 Å². The second kappa shape index (κ2) is 10.6. The summed E-state index contributed by atoms with van der Waals surface area (Å²) in [5.74, 6) is 1.45. The van der Waals surface area contributed by atoms with Gasteiger partial charge in [0.25, 0.3) is 6.23 Å². The van der Waals surface area contributed by atoms with E-state index in [-0.39, 0.29) is 23.3 Å². The van der Waals surface area contributed by atoms with Crippen LogP contribution in [0, 0.1) is 11.3 Å². The molecular weight excluding hydrogens is 437 g/mol. The van der Waals surface area contributed by atoms with Crippen molar-refractivity contribution in [2.24, 2.45) is 11.3 Å². The summed E-state index contributed by atoms with van der Waals surface area (Å²) in [4.78, 5) is 0. The predicted octanol–water partition coefficient (Wildman–Crippen LogP) is 7.51. The zero-order chi connectivity index (χ0) is 24.2. The molecule has 0 bridgehead atoms. The summed E-state index contributed by atoms with van der Waals surface area (Å²) in [6, 6.07) is 11.1. The topological polar surface area (TPSA) is 12.2 Å². The molecule has 0 N–H and O–H groups in total. The number of hydrogen-bond donors (Lipinski definition) is 0. The second-order valence-electron chi connectivity index (χ2n) is 8.84. The Balaban J connectivity index is 0.000000654. The minimum absolute atomic E-state index is 0.0670. The molecule has 2 aliphatic heterocycles. The lowest BCUT2D eigenvalue weighted by molar-refractivity contribution is -0.612. The quantitative estimate of drug-likeness (QED) is 0.184. The van der Waals surface area contributed by atoms with Crippen LogP contribution < -0.4 is 0 Å². The normalized spacial score (nSPS) is 27.8. The van der Waals surface area contributed by atoms with Crippen molar-refractivity contribution in [3.05, 3.63) is 61.2 Å². The minimum Gasteiger partial charge on any atom is -0.418 e. The summed E-state index contributed by atoms with van der Waals surface area (Å²) in [5.41, 5.74) is 1.17. The summed E-state index contributed by atoms with van der Waals surface area (Å²) in [6.07, 6.45) is 7.51. The van der Waals surface area contributed by atoms with Crippen molar-refractivity contribution >= 4 is 24.1 Å². The van der Waals surface area contributed by atoms with Gasteiger partial charge in [0.2, 0.25) is 11.1 Å². The first kappa shape index (κ1) is 26.7. The largest absolute Gasteiger partial charge is 0.673 e. The molecule has 0 aliphatic carbocycles. The van der Waals surface area contributed by atoms with E-state index in [4.69, 9.17) is 4.74 Å². The van der Waals surface area contributed by atoms with Crippen LogP contribution in [0.3, 0.4) is 0 Å².